The molecule has 2 bridgehead atoms. The number of hydrogen-bond acceptors (Lipinski definition) is 5. The van der Waals surface area contributed by atoms with Crippen LogP contribution in [-0.2, 0) is 0 Å². The summed E-state index contributed by atoms with van der Waals surface area (Å²) in [5.74, 6) is 0.0290. The molecule has 24 heavy (non-hydrogen) atoms. The second-order valence-corrected chi connectivity index (χ2v) is 6.50. The van der Waals surface area contributed by atoms with Crippen LogP contribution >= 0.6 is 0 Å². The van der Waals surface area contributed by atoms with Gasteiger partial charge in [0.15, 0.2) is 5.76 Å². The Hall–Kier alpha value is -2.28. The molecule has 0 unspecified atom stereocenters. The van der Waals surface area contributed by atoms with Gasteiger partial charge in [-0.1, -0.05) is 0 Å². The molecule has 3 fully saturated rings. The lowest BCUT2D eigenvalue weighted by Crippen LogP contribution is -2.62. The first-order chi connectivity index (χ1) is 11.6. The van der Waals surface area contributed by atoms with E-state index in [9.17, 15) is 9.18 Å². The summed E-state index contributed by atoms with van der Waals surface area (Å²) < 4.78 is 18.7. The summed E-state index contributed by atoms with van der Waals surface area (Å²) in [6, 6.07) is 2.93. The van der Waals surface area contributed by atoms with Crippen molar-refractivity contribution in [1.29, 1.82) is 0 Å². The quantitative estimate of drug-likeness (QED) is 0.933. The van der Waals surface area contributed by atoms with E-state index in [2.05, 4.69) is 27.1 Å². The smallest absolute Gasteiger partial charge is 0.307 e. The van der Waals surface area contributed by atoms with Crippen LogP contribution in [-0.4, -0.2) is 45.9 Å². The highest BCUT2D eigenvalue weighted by atomic mass is 19.1. The lowest BCUT2D eigenvalue weighted by Gasteiger charge is -2.49. The topological polar surface area (TPSA) is 71.3 Å². The van der Waals surface area contributed by atoms with Crippen LogP contribution in [0, 0.1) is 11.7 Å². The van der Waals surface area contributed by atoms with Crippen LogP contribution in [0.4, 0.5) is 4.39 Å². The molecule has 5 heterocycles. The second-order valence-electron chi connectivity index (χ2n) is 6.50. The number of rotatable bonds is 3. The number of carbonyl (C=O) groups excluding carboxylic acids is 1. The number of amides is 1. The molecule has 3 aliphatic heterocycles. The molecule has 2 aromatic heterocycles. The normalized spacial score (nSPS) is 28.8. The largest absolute Gasteiger partial charge is 0.431 e. The average molecular weight is 330 g/mol. The Morgan fingerprint density at radius 1 is 1.38 bits per heavy atom. The molecule has 6 nitrogen and oxygen atoms in total. The van der Waals surface area contributed by atoms with Crippen LogP contribution in [0.2, 0.25) is 0 Å². The molecule has 0 spiro atoms. The van der Waals surface area contributed by atoms with Gasteiger partial charge in [0.05, 0.1) is 6.20 Å². The highest BCUT2D eigenvalue weighted by Crippen LogP contribution is 2.32. The van der Waals surface area contributed by atoms with Crippen molar-refractivity contribution in [2.75, 3.05) is 13.1 Å². The summed E-state index contributed by atoms with van der Waals surface area (Å²) >= 11 is 0. The monoisotopic (exact) mass is 330 g/mol. The number of halogens is 1. The van der Waals surface area contributed by atoms with Crippen LogP contribution in [0.3, 0.4) is 0 Å². The summed E-state index contributed by atoms with van der Waals surface area (Å²) in [4.78, 5) is 22.9. The Labute approximate surface area is 139 Å². The maximum atomic E-state index is 13.3. The Bertz CT molecular complexity index is 753. The van der Waals surface area contributed by atoms with Crippen molar-refractivity contribution >= 4 is 5.91 Å². The Balaban J connectivity index is 1.49. The van der Waals surface area contributed by atoms with Gasteiger partial charge in [-0.15, -0.1) is 0 Å². The number of hydrogen-bond donors (Lipinski definition) is 1. The summed E-state index contributed by atoms with van der Waals surface area (Å²) in [6.45, 7) is 4.35. The van der Waals surface area contributed by atoms with Gasteiger partial charge in [0.1, 0.15) is 11.5 Å². The third-order valence-electron chi connectivity index (χ3n) is 5.15. The van der Waals surface area contributed by atoms with E-state index in [0.29, 0.717) is 17.7 Å². The van der Waals surface area contributed by atoms with Crippen molar-refractivity contribution in [3.05, 3.63) is 36.2 Å². The molecule has 5 rings (SSSR count). The third kappa shape index (κ3) is 2.69. The number of nitrogens with zero attached hydrogens (tertiary/aromatic N) is 3. The Morgan fingerprint density at radius 2 is 2.17 bits per heavy atom. The lowest BCUT2D eigenvalue weighted by atomic mass is 9.79. The maximum absolute atomic E-state index is 13.3. The van der Waals surface area contributed by atoms with Crippen LogP contribution in [0.15, 0.2) is 28.9 Å². The summed E-state index contributed by atoms with van der Waals surface area (Å²) in [5, 5.41) is 3.06. The van der Waals surface area contributed by atoms with Gasteiger partial charge in [-0.05, 0) is 44.8 Å². The van der Waals surface area contributed by atoms with Crippen molar-refractivity contribution in [3.8, 4) is 11.5 Å². The molecule has 0 aliphatic carbocycles. The average Bonchev–Trinajstić information content (AvgIpc) is 3.09. The molecule has 2 aromatic rings. The molecule has 1 amide bonds. The first-order valence-electron chi connectivity index (χ1n) is 8.24. The molecule has 2 atom stereocenters. The SMILES string of the molecule is C[C@H]1[C@H](NC(=O)c2ncc(-c3cc(F)ccn3)o2)C2CCN1CC2. The minimum Gasteiger partial charge on any atom is -0.431 e. The van der Waals surface area contributed by atoms with E-state index < -0.39 is 5.82 Å². The third-order valence-corrected chi connectivity index (χ3v) is 5.15. The van der Waals surface area contributed by atoms with Gasteiger partial charge in [0.2, 0.25) is 0 Å². The van der Waals surface area contributed by atoms with Gasteiger partial charge in [-0.25, -0.2) is 9.37 Å². The zero-order valence-electron chi connectivity index (χ0n) is 13.4. The molecule has 0 aromatic carbocycles. The number of aromatic nitrogens is 2. The van der Waals surface area contributed by atoms with Crippen molar-refractivity contribution < 1.29 is 13.6 Å². The van der Waals surface area contributed by atoms with Gasteiger partial charge in [0.25, 0.3) is 5.89 Å². The predicted molar refractivity (Wildman–Crippen MR) is 84.7 cm³/mol. The zero-order valence-corrected chi connectivity index (χ0v) is 13.4. The minimum atomic E-state index is -0.413. The Morgan fingerprint density at radius 3 is 2.88 bits per heavy atom. The highest BCUT2D eigenvalue weighted by molar-refractivity contribution is 5.90. The Kier molecular flexibility index (Phi) is 3.80. The van der Waals surface area contributed by atoms with Gasteiger partial charge in [-0.3, -0.25) is 14.7 Å². The first-order valence-corrected chi connectivity index (χ1v) is 8.24. The van der Waals surface area contributed by atoms with Gasteiger partial charge < -0.3 is 9.73 Å². The van der Waals surface area contributed by atoms with Crippen LogP contribution in [0.25, 0.3) is 11.5 Å². The van der Waals surface area contributed by atoms with Crippen molar-refractivity contribution in [1.82, 2.24) is 20.2 Å². The summed E-state index contributed by atoms with van der Waals surface area (Å²) in [5.41, 5.74) is 0.317. The number of piperidine rings is 3. The predicted octanol–water partition coefficient (Wildman–Crippen LogP) is 2.09. The minimum absolute atomic E-state index is 0.0142. The van der Waals surface area contributed by atoms with Crippen molar-refractivity contribution in [2.24, 2.45) is 5.92 Å². The van der Waals surface area contributed by atoms with E-state index in [4.69, 9.17) is 4.42 Å². The molecule has 126 valence electrons. The number of pyridine rings is 1. The molecule has 0 saturated carbocycles. The number of fused-ring (bicyclic) bond motifs is 3. The summed E-state index contributed by atoms with van der Waals surface area (Å²) in [7, 11) is 0. The molecule has 3 saturated heterocycles. The zero-order chi connectivity index (χ0) is 16.7. The summed E-state index contributed by atoms with van der Waals surface area (Å²) in [6.07, 6.45) is 4.97. The highest BCUT2D eigenvalue weighted by Gasteiger charge is 2.40. The van der Waals surface area contributed by atoms with E-state index in [1.165, 1.54) is 24.5 Å². The van der Waals surface area contributed by atoms with Crippen LogP contribution < -0.4 is 5.32 Å². The van der Waals surface area contributed by atoms with E-state index in [0.717, 1.165) is 25.9 Å². The van der Waals surface area contributed by atoms with E-state index in [1.807, 2.05) is 0 Å². The molecular formula is C17H19FN4O2. The molecular weight excluding hydrogens is 311 g/mol. The molecule has 1 N–H and O–H groups in total. The second kappa shape index (κ2) is 5.98. The van der Waals surface area contributed by atoms with Gasteiger partial charge in [0, 0.05) is 24.3 Å². The number of nitrogens with one attached hydrogen (secondary N) is 1. The van der Waals surface area contributed by atoms with E-state index >= 15 is 0 Å². The number of oxazole rings is 1. The first kappa shape index (κ1) is 15.3. The van der Waals surface area contributed by atoms with Gasteiger partial charge in [-0.2, -0.15) is 0 Å². The molecule has 3 aliphatic rings. The fourth-order valence-electron chi connectivity index (χ4n) is 3.80. The molecule has 0 radical (unpaired) electrons. The van der Waals surface area contributed by atoms with Gasteiger partial charge >= 0.3 is 5.91 Å². The van der Waals surface area contributed by atoms with Crippen LogP contribution in [0.5, 0.6) is 0 Å². The number of carbonyl (C=O) groups is 1. The van der Waals surface area contributed by atoms with E-state index in [1.54, 1.807) is 0 Å². The maximum Gasteiger partial charge on any atom is 0.307 e. The van der Waals surface area contributed by atoms with Crippen LogP contribution in [0.1, 0.15) is 30.5 Å². The van der Waals surface area contributed by atoms with Crippen molar-refractivity contribution in [2.45, 2.75) is 31.8 Å². The standard InChI is InChI=1S/C17H19FN4O2/c1-10-15(11-3-6-22(10)7-4-11)21-16(23)17-20-9-14(24-17)13-8-12(18)2-5-19-13/h2,5,8-11,15H,3-4,6-7H2,1H3,(H,21,23)/t10-,15-/m0/s1. The molecule has 7 heteroatoms. The van der Waals surface area contributed by atoms with E-state index in [-0.39, 0.29) is 23.6 Å². The fraction of sp³-hybridized carbons (Fsp3) is 0.471. The lowest BCUT2D eigenvalue weighted by molar-refractivity contribution is 0.0210. The van der Waals surface area contributed by atoms with Crippen molar-refractivity contribution in [3.63, 3.8) is 0 Å². The fourth-order valence-corrected chi connectivity index (χ4v) is 3.80.